The summed E-state index contributed by atoms with van der Waals surface area (Å²) >= 11 is 0. The van der Waals surface area contributed by atoms with Gasteiger partial charge in [0.05, 0.1) is 24.4 Å². The lowest BCUT2D eigenvalue weighted by Crippen LogP contribution is -2.39. The summed E-state index contributed by atoms with van der Waals surface area (Å²) in [5.41, 5.74) is 1.55. The van der Waals surface area contributed by atoms with E-state index in [0.717, 1.165) is 25.1 Å². The first-order valence-electron chi connectivity index (χ1n) is 9.80. The minimum absolute atomic E-state index is 0.136. The van der Waals surface area contributed by atoms with E-state index in [9.17, 15) is 18.0 Å². The molecule has 6 nitrogen and oxygen atoms in total. The topological polar surface area (TPSA) is 63.7 Å². The fourth-order valence-electron chi connectivity index (χ4n) is 3.39. The van der Waals surface area contributed by atoms with Crippen LogP contribution in [0.1, 0.15) is 25.3 Å². The molecule has 0 amide bonds. The predicted octanol–water partition coefficient (Wildman–Crippen LogP) is 4.37. The summed E-state index contributed by atoms with van der Waals surface area (Å²) < 4.78 is 46.1. The molecule has 1 fully saturated rings. The Morgan fingerprint density at radius 3 is 2.83 bits per heavy atom. The molecule has 3 rings (SSSR count). The molecule has 1 saturated heterocycles. The molecule has 1 aliphatic heterocycles. The first-order chi connectivity index (χ1) is 14.3. The molecule has 0 spiro atoms. The van der Waals surface area contributed by atoms with Crippen LogP contribution in [-0.4, -0.2) is 37.0 Å². The van der Waals surface area contributed by atoms with Crippen molar-refractivity contribution in [2.75, 3.05) is 29.9 Å². The van der Waals surface area contributed by atoms with Crippen LogP contribution in [0.15, 0.2) is 42.6 Å². The molecule has 1 unspecified atom stereocenters. The first-order valence-corrected chi connectivity index (χ1v) is 9.80. The second-order valence-electron chi connectivity index (χ2n) is 6.99. The predicted molar refractivity (Wildman–Crippen MR) is 106 cm³/mol. The summed E-state index contributed by atoms with van der Waals surface area (Å²) in [6, 6.07) is 9.51. The zero-order chi connectivity index (χ0) is 21.6. The molecular weight excluding hydrogens is 399 g/mol. The number of aromatic nitrogens is 1. The molecule has 1 N–H and O–H groups in total. The lowest BCUT2D eigenvalue weighted by Gasteiger charge is -2.33. The number of benzene rings is 1. The fraction of sp³-hybridized carbons (Fsp3) is 0.429. The van der Waals surface area contributed by atoms with Crippen molar-refractivity contribution in [3.05, 3.63) is 48.2 Å². The molecule has 0 aliphatic carbocycles. The lowest BCUT2D eigenvalue weighted by atomic mass is 9.98. The second-order valence-corrected chi connectivity index (χ2v) is 6.99. The third-order valence-electron chi connectivity index (χ3n) is 4.76. The van der Waals surface area contributed by atoms with Gasteiger partial charge in [-0.3, -0.25) is 4.79 Å². The number of alkyl halides is 3. The number of ether oxygens (including phenoxy) is 2. The molecule has 1 aromatic heterocycles. The summed E-state index contributed by atoms with van der Waals surface area (Å²) in [4.78, 5) is 18.5. The van der Waals surface area contributed by atoms with Crippen molar-refractivity contribution < 1.29 is 27.4 Å². The van der Waals surface area contributed by atoms with Gasteiger partial charge in [0.1, 0.15) is 11.6 Å². The highest BCUT2D eigenvalue weighted by molar-refractivity contribution is 5.73. The third kappa shape index (κ3) is 6.27. The van der Waals surface area contributed by atoms with Crippen molar-refractivity contribution in [1.29, 1.82) is 0 Å². The first kappa shape index (κ1) is 21.7. The number of nitrogens with zero attached hydrogens (tertiary/aromatic N) is 2. The molecule has 9 heteroatoms. The molecule has 1 atom stereocenters. The number of piperidine rings is 1. The molecule has 2 aromatic rings. The number of esters is 1. The lowest BCUT2D eigenvalue weighted by molar-refractivity contribution is -0.274. The van der Waals surface area contributed by atoms with E-state index in [-0.39, 0.29) is 17.6 Å². The summed E-state index contributed by atoms with van der Waals surface area (Å²) in [6.07, 6.45) is -1.28. The van der Waals surface area contributed by atoms with Crippen molar-refractivity contribution in [2.45, 2.75) is 32.7 Å². The standard InChI is InChI=1S/C21H24F3N3O3/c1-2-29-20(28)16-6-4-10-27(14-16)17-8-9-19(26-13-17)25-12-15-5-3-7-18(11-15)30-21(22,23)24/h3,5,7-9,11,13,16H,2,4,6,10,12,14H2,1H3,(H,25,26). The van der Waals surface area contributed by atoms with Crippen molar-refractivity contribution in [3.8, 4) is 5.75 Å². The molecule has 2 heterocycles. The van der Waals surface area contributed by atoms with Crippen LogP contribution < -0.4 is 15.0 Å². The molecular formula is C21H24F3N3O3. The van der Waals surface area contributed by atoms with Crippen LogP contribution in [0.2, 0.25) is 0 Å². The van der Waals surface area contributed by atoms with E-state index in [1.54, 1.807) is 25.3 Å². The van der Waals surface area contributed by atoms with Crippen LogP contribution in [0, 0.1) is 5.92 Å². The van der Waals surface area contributed by atoms with Crippen LogP contribution in [0.5, 0.6) is 5.75 Å². The van der Waals surface area contributed by atoms with E-state index in [1.807, 2.05) is 6.07 Å². The van der Waals surface area contributed by atoms with Crippen molar-refractivity contribution in [3.63, 3.8) is 0 Å². The van der Waals surface area contributed by atoms with Crippen molar-refractivity contribution >= 4 is 17.5 Å². The Hall–Kier alpha value is -2.97. The third-order valence-corrected chi connectivity index (χ3v) is 4.76. The molecule has 0 saturated carbocycles. The van der Waals surface area contributed by atoms with Gasteiger partial charge in [-0.15, -0.1) is 13.2 Å². The zero-order valence-corrected chi connectivity index (χ0v) is 16.6. The van der Waals surface area contributed by atoms with Gasteiger partial charge in [0.25, 0.3) is 0 Å². The average Bonchev–Trinajstić information content (AvgIpc) is 2.72. The number of halogens is 3. The summed E-state index contributed by atoms with van der Waals surface area (Å²) in [5.74, 6) is 0.0408. The van der Waals surface area contributed by atoms with E-state index in [2.05, 4.69) is 19.9 Å². The molecule has 1 aromatic carbocycles. The Kier molecular flexibility index (Phi) is 7.02. The van der Waals surface area contributed by atoms with E-state index in [1.165, 1.54) is 18.2 Å². The SMILES string of the molecule is CCOC(=O)C1CCCN(c2ccc(NCc3cccc(OC(F)(F)F)c3)nc2)C1. The van der Waals surface area contributed by atoms with E-state index >= 15 is 0 Å². The van der Waals surface area contributed by atoms with Gasteiger partial charge >= 0.3 is 12.3 Å². The summed E-state index contributed by atoms with van der Waals surface area (Å²) in [7, 11) is 0. The van der Waals surface area contributed by atoms with E-state index in [0.29, 0.717) is 31.1 Å². The Balaban J connectivity index is 1.56. The monoisotopic (exact) mass is 423 g/mol. The van der Waals surface area contributed by atoms with Gasteiger partial charge < -0.3 is 19.7 Å². The van der Waals surface area contributed by atoms with Crippen molar-refractivity contribution in [2.24, 2.45) is 5.92 Å². The van der Waals surface area contributed by atoms with Crippen LogP contribution in [0.3, 0.4) is 0 Å². The van der Waals surface area contributed by atoms with E-state index in [4.69, 9.17) is 4.74 Å². The van der Waals surface area contributed by atoms with E-state index < -0.39 is 6.36 Å². The molecule has 162 valence electrons. The minimum atomic E-state index is -4.72. The Morgan fingerprint density at radius 1 is 1.30 bits per heavy atom. The number of carbonyl (C=O) groups is 1. The Labute approximate surface area is 173 Å². The van der Waals surface area contributed by atoms with Gasteiger partial charge in [-0.05, 0) is 49.6 Å². The molecule has 0 bridgehead atoms. The zero-order valence-electron chi connectivity index (χ0n) is 16.6. The normalized spacial score (nSPS) is 16.8. The number of nitrogens with one attached hydrogen (secondary N) is 1. The quantitative estimate of drug-likeness (QED) is 0.668. The largest absolute Gasteiger partial charge is 0.573 e. The summed E-state index contributed by atoms with van der Waals surface area (Å²) in [6.45, 7) is 3.92. The van der Waals surface area contributed by atoms with Crippen LogP contribution in [-0.2, 0) is 16.1 Å². The van der Waals surface area contributed by atoms with Crippen molar-refractivity contribution in [1.82, 2.24) is 4.98 Å². The number of pyridine rings is 1. The van der Waals surface area contributed by atoms with Gasteiger partial charge in [0.15, 0.2) is 0 Å². The highest BCUT2D eigenvalue weighted by atomic mass is 19.4. The molecule has 1 aliphatic rings. The van der Waals surface area contributed by atoms with Crippen LogP contribution in [0.25, 0.3) is 0 Å². The highest BCUT2D eigenvalue weighted by Crippen LogP contribution is 2.25. The van der Waals surface area contributed by atoms with Crippen LogP contribution >= 0.6 is 0 Å². The average molecular weight is 423 g/mol. The smallest absolute Gasteiger partial charge is 0.466 e. The number of hydrogen-bond acceptors (Lipinski definition) is 6. The number of rotatable bonds is 7. The minimum Gasteiger partial charge on any atom is -0.466 e. The molecule has 0 radical (unpaired) electrons. The van der Waals surface area contributed by atoms with Gasteiger partial charge in [-0.1, -0.05) is 12.1 Å². The van der Waals surface area contributed by atoms with Gasteiger partial charge in [-0.25, -0.2) is 4.98 Å². The van der Waals surface area contributed by atoms with Gasteiger partial charge in [0, 0.05) is 19.6 Å². The number of hydrogen-bond donors (Lipinski definition) is 1. The Morgan fingerprint density at radius 2 is 2.13 bits per heavy atom. The molecule has 30 heavy (non-hydrogen) atoms. The highest BCUT2D eigenvalue weighted by Gasteiger charge is 2.31. The Bertz CT molecular complexity index is 843. The maximum Gasteiger partial charge on any atom is 0.573 e. The maximum absolute atomic E-state index is 12.3. The maximum atomic E-state index is 12.3. The van der Waals surface area contributed by atoms with Gasteiger partial charge in [-0.2, -0.15) is 0 Å². The number of anilines is 2. The summed E-state index contributed by atoms with van der Waals surface area (Å²) in [5, 5.41) is 3.08. The van der Waals surface area contributed by atoms with Gasteiger partial charge in [0.2, 0.25) is 0 Å². The fourth-order valence-corrected chi connectivity index (χ4v) is 3.39. The van der Waals surface area contributed by atoms with Crippen LogP contribution in [0.4, 0.5) is 24.7 Å². The number of carbonyl (C=O) groups excluding carboxylic acids is 1. The second kappa shape index (κ2) is 9.69.